The number of ether oxygens (including phenoxy) is 1. The van der Waals surface area contributed by atoms with Crippen molar-refractivity contribution < 1.29 is 19.2 Å². The second-order valence-electron chi connectivity index (χ2n) is 5.35. The highest BCUT2D eigenvalue weighted by Gasteiger charge is 2.19. The molecule has 1 aromatic heterocycles. The van der Waals surface area contributed by atoms with E-state index in [9.17, 15) is 19.7 Å². The smallest absolute Gasteiger partial charge is 0.326 e. The van der Waals surface area contributed by atoms with E-state index in [0.29, 0.717) is 5.56 Å². The summed E-state index contributed by atoms with van der Waals surface area (Å²) >= 11 is 0. The average Bonchev–Trinajstić information content (AvgIpc) is 2.70. The van der Waals surface area contributed by atoms with Crippen molar-refractivity contribution in [2.45, 2.75) is 0 Å². The minimum Gasteiger partial charge on any atom is -0.417 e. The minimum absolute atomic E-state index is 0.0579. The maximum Gasteiger partial charge on any atom is 0.326 e. The summed E-state index contributed by atoms with van der Waals surface area (Å²) in [5.41, 5.74) is 0.00118. The van der Waals surface area contributed by atoms with E-state index in [1.807, 2.05) is 0 Å². The molecule has 3 aromatic rings. The number of rotatable bonds is 5. The maximum atomic E-state index is 12.0. The molecule has 2 aromatic carbocycles. The van der Waals surface area contributed by atoms with Crippen molar-refractivity contribution in [1.82, 2.24) is 15.3 Å². The molecule has 10 heteroatoms. The summed E-state index contributed by atoms with van der Waals surface area (Å²) in [4.78, 5) is 42.3. The molecule has 0 aliphatic rings. The SMILES string of the molecule is O=C(NC(=O)c1ccccc1)Nc1ccc(Oc2ncccn2)c([N+](=O)[O-])c1. The van der Waals surface area contributed by atoms with Crippen LogP contribution in [0.3, 0.4) is 0 Å². The third kappa shape index (κ3) is 4.64. The van der Waals surface area contributed by atoms with Crippen LogP contribution in [0.5, 0.6) is 11.8 Å². The molecule has 28 heavy (non-hydrogen) atoms. The van der Waals surface area contributed by atoms with Crippen LogP contribution in [0.2, 0.25) is 0 Å². The maximum absolute atomic E-state index is 12.0. The van der Waals surface area contributed by atoms with Crippen molar-refractivity contribution in [2.24, 2.45) is 0 Å². The molecule has 0 spiro atoms. The molecular formula is C18H13N5O5. The van der Waals surface area contributed by atoms with Crippen LogP contribution in [0.1, 0.15) is 10.4 Å². The van der Waals surface area contributed by atoms with Crippen molar-refractivity contribution in [1.29, 1.82) is 0 Å². The highest BCUT2D eigenvalue weighted by atomic mass is 16.6. The topological polar surface area (TPSA) is 136 Å². The molecule has 0 fully saturated rings. The zero-order valence-corrected chi connectivity index (χ0v) is 14.2. The molecule has 0 aliphatic carbocycles. The number of aromatic nitrogens is 2. The van der Waals surface area contributed by atoms with E-state index in [-0.39, 0.29) is 17.4 Å². The van der Waals surface area contributed by atoms with E-state index in [0.717, 1.165) is 6.07 Å². The van der Waals surface area contributed by atoms with Gasteiger partial charge in [-0.25, -0.2) is 14.8 Å². The third-order valence-corrected chi connectivity index (χ3v) is 3.42. The van der Waals surface area contributed by atoms with Crippen LogP contribution in [0.15, 0.2) is 67.0 Å². The lowest BCUT2D eigenvalue weighted by molar-refractivity contribution is -0.385. The van der Waals surface area contributed by atoms with Gasteiger partial charge in [0.1, 0.15) is 0 Å². The van der Waals surface area contributed by atoms with Crippen LogP contribution in [-0.4, -0.2) is 26.8 Å². The molecule has 3 amide bonds. The standard InChI is InChI=1S/C18H13N5O5/c24-16(12-5-2-1-3-6-12)22-17(25)21-13-7-8-15(14(11-13)23(26)27)28-18-19-9-4-10-20-18/h1-11H,(H2,21,22,24,25). The molecule has 0 aliphatic heterocycles. The molecule has 1 heterocycles. The average molecular weight is 379 g/mol. The number of hydrogen-bond acceptors (Lipinski definition) is 7. The van der Waals surface area contributed by atoms with Crippen molar-refractivity contribution in [3.63, 3.8) is 0 Å². The Labute approximate surface area is 158 Å². The molecule has 3 rings (SSSR count). The number of nitro benzene ring substituents is 1. The normalized spacial score (nSPS) is 10.0. The first-order chi connectivity index (χ1) is 13.5. The number of amides is 3. The predicted octanol–water partition coefficient (Wildman–Crippen LogP) is 3.14. The number of nitrogens with one attached hydrogen (secondary N) is 2. The number of carbonyl (C=O) groups excluding carboxylic acids is 2. The first-order valence-electron chi connectivity index (χ1n) is 7.93. The number of nitrogens with zero attached hydrogens (tertiary/aromatic N) is 3. The Morgan fingerprint density at radius 1 is 1.00 bits per heavy atom. The van der Waals surface area contributed by atoms with Crippen LogP contribution < -0.4 is 15.4 Å². The fraction of sp³-hybridized carbons (Fsp3) is 0. The zero-order chi connectivity index (χ0) is 19.9. The summed E-state index contributed by atoms with van der Waals surface area (Å²) in [6.07, 6.45) is 2.86. The van der Waals surface area contributed by atoms with Crippen molar-refractivity contribution in [2.75, 3.05) is 5.32 Å². The van der Waals surface area contributed by atoms with Gasteiger partial charge in [0.05, 0.1) is 4.92 Å². The summed E-state index contributed by atoms with van der Waals surface area (Å²) in [5, 5.41) is 15.8. The number of hydrogen-bond donors (Lipinski definition) is 2. The Kier molecular flexibility index (Phi) is 5.51. The Hall–Kier alpha value is -4.34. The van der Waals surface area contributed by atoms with Gasteiger partial charge in [-0.15, -0.1) is 0 Å². The second kappa shape index (κ2) is 8.36. The lowest BCUT2D eigenvalue weighted by atomic mass is 10.2. The molecule has 0 saturated heterocycles. The van der Waals surface area contributed by atoms with E-state index in [1.165, 1.54) is 24.5 Å². The van der Waals surface area contributed by atoms with Gasteiger partial charge in [-0.05, 0) is 30.3 Å². The summed E-state index contributed by atoms with van der Waals surface area (Å²) < 4.78 is 5.31. The van der Waals surface area contributed by atoms with Crippen molar-refractivity contribution >= 4 is 23.3 Å². The van der Waals surface area contributed by atoms with Gasteiger partial charge in [-0.3, -0.25) is 20.2 Å². The van der Waals surface area contributed by atoms with Gasteiger partial charge in [0.2, 0.25) is 5.75 Å². The molecule has 0 radical (unpaired) electrons. The number of benzene rings is 2. The summed E-state index contributed by atoms with van der Waals surface area (Å²) in [6, 6.07) is 12.6. The van der Waals surface area contributed by atoms with Gasteiger partial charge >= 0.3 is 17.7 Å². The molecule has 2 N–H and O–H groups in total. The van der Waals surface area contributed by atoms with E-state index < -0.39 is 22.5 Å². The van der Waals surface area contributed by atoms with E-state index in [2.05, 4.69) is 20.6 Å². The number of anilines is 1. The van der Waals surface area contributed by atoms with Crippen LogP contribution in [0.4, 0.5) is 16.2 Å². The lowest BCUT2D eigenvalue weighted by Crippen LogP contribution is -2.34. The van der Waals surface area contributed by atoms with Gasteiger partial charge in [0, 0.05) is 29.7 Å². The fourth-order valence-corrected chi connectivity index (χ4v) is 2.19. The van der Waals surface area contributed by atoms with E-state index >= 15 is 0 Å². The van der Waals surface area contributed by atoms with Crippen LogP contribution in [0, 0.1) is 10.1 Å². The van der Waals surface area contributed by atoms with Gasteiger partial charge in [0.15, 0.2) is 0 Å². The van der Waals surface area contributed by atoms with Crippen LogP contribution in [-0.2, 0) is 0 Å². The van der Waals surface area contributed by atoms with Gasteiger partial charge in [0.25, 0.3) is 5.91 Å². The highest BCUT2D eigenvalue weighted by molar-refractivity contribution is 6.08. The van der Waals surface area contributed by atoms with E-state index in [4.69, 9.17) is 4.74 Å². The minimum atomic E-state index is -0.830. The molecule has 0 bridgehead atoms. The number of imide groups is 1. The summed E-state index contributed by atoms with van der Waals surface area (Å²) in [6.45, 7) is 0. The Morgan fingerprint density at radius 2 is 1.71 bits per heavy atom. The number of carbonyl (C=O) groups is 2. The fourth-order valence-electron chi connectivity index (χ4n) is 2.19. The van der Waals surface area contributed by atoms with E-state index in [1.54, 1.807) is 36.4 Å². The molecule has 0 saturated carbocycles. The first kappa shape index (κ1) is 18.5. The molecule has 0 atom stereocenters. The van der Waals surface area contributed by atoms with Crippen molar-refractivity contribution in [3.05, 3.63) is 82.7 Å². The monoisotopic (exact) mass is 379 g/mol. The van der Waals surface area contributed by atoms with Crippen LogP contribution in [0.25, 0.3) is 0 Å². The molecule has 140 valence electrons. The first-order valence-corrected chi connectivity index (χ1v) is 7.93. The summed E-state index contributed by atoms with van der Waals surface area (Å²) in [7, 11) is 0. The molecule has 10 nitrogen and oxygen atoms in total. The third-order valence-electron chi connectivity index (χ3n) is 3.42. The summed E-state index contributed by atoms with van der Waals surface area (Å²) in [5.74, 6) is -0.698. The quantitative estimate of drug-likeness (QED) is 0.513. The molecule has 0 unspecified atom stereocenters. The number of urea groups is 1. The largest absolute Gasteiger partial charge is 0.417 e. The molecular weight excluding hydrogens is 366 g/mol. The number of nitro groups is 1. The highest BCUT2D eigenvalue weighted by Crippen LogP contribution is 2.32. The van der Waals surface area contributed by atoms with Gasteiger partial charge in [-0.1, -0.05) is 18.2 Å². The Bertz CT molecular complexity index is 1010. The lowest BCUT2D eigenvalue weighted by Gasteiger charge is -2.09. The van der Waals surface area contributed by atoms with Gasteiger partial charge < -0.3 is 10.1 Å². The predicted molar refractivity (Wildman–Crippen MR) is 98.1 cm³/mol. The second-order valence-corrected chi connectivity index (χ2v) is 5.35. The van der Waals surface area contributed by atoms with Gasteiger partial charge in [-0.2, -0.15) is 0 Å². The van der Waals surface area contributed by atoms with Crippen molar-refractivity contribution in [3.8, 4) is 11.8 Å². The Balaban J connectivity index is 1.72. The van der Waals surface area contributed by atoms with Crippen LogP contribution >= 0.6 is 0 Å². The zero-order valence-electron chi connectivity index (χ0n) is 14.2. The Morgan fingerprint density at radius 3 is 2.39 bits per heavy atom.